The summed E-state index contributed by atoms with van der Waals surface area (Å²) in [6.45, 7) is 2.75. The van der Waals surface area contributed by atoms with Crippen LogP contribution in [0.1, 0.15) is 18.4 Å². The van der Waals surface area contributed by atoms with E-state index in [0.29, 0.717) is 12.4 Å². The van der Waals surface area contributed by atoms with Gasteiger partial charge in [-0.05, 0) is 41.5 Å². The lowest BCUT2D eigenvalue weighted by atomic mass is 10.2. The van der Waals surface area contributed by atoms with E-state index >= 15 is 0 Å². The third-order valence-electron chi connectivity index (χ3n) is 4.11. The molecule has 4 heterocycles. The van der Waals surface area contributed by atoms with Gasteiger partial charge in [-0.3, -0.25) is 0 Å². The van der Waals surface area contributed by atoms with Crippen molar-refractivity contribution >= 4 is 45.3 Å². The Balaban J connectivity index is 1.76. The normalized spacial score (nSPS) is 14.7. The van der Waals surface area contributed by atoms with Gasteiger partial charge in [0.05, 0.1) is 11.9 Å². The number of hydrogen-bond acceptors (Lipinski definition) is 6. The van der Waals surface area contributed by atoms with Crippen LogP contribution >= 0.6 is 22.6 Å². The first kappa shape index (κ1) is 14.6. The van der Waals surface area contributed by atoms with E-state index in [1.807, 2.05) is 16.9 Å². The van der Waals surface area contributed by atoms with Crippen LogP contribution in [0.15, 0.2) is 24.7 Å². The highest BCUT2D eigenvalue weighted by molar-refractivity contribution is 14.1. The maximum Gasteiger partial charge on any atom is 0.164 e. The van der Waals surface area contributed by atoms with Crippen LogP contribution < -0.4 is 10.6 Å². The van der Waals surface area contributed by atoms with Crippen LogP contribution in [0, 0.1) is 3.70 Å². The average molecular weight is 421 g/mol. The van der Waals surface area contributed by atoms with Crippen molar-refractivity contribution < 1.29 is 0 Å². The molecule has 4 rings (SSSR count). The fourth-order valence-corrected chi connectivity index (χ4v) is 3.80. The summed E-state index contributed by atoms with van der Waals surface area (Å²) in [5.41, 5.74) is 7.87. The minimum atomic E-state index is 0.469. The number of aromatic nitrogens is 5. The predicted octanol–water partition coefficient (Wildman–Crippen LogP) is 2.06. The highest BCUT2D eigenvalue weighted by Crippen LogP contribution is 2.26. The summed E-state index contributed by atoms with van der Waals surface area (Å²) in [5, 5.41) is 5.41. The Labute approximate surface area is 147 Å². The number of anilines is 2. The van der Waals surface area contributed by atoms with Gasteiger partial charge in [0.15, 0.2) is 5.65 Å². The third-order valence-corrected chi connectivity index (χ3v) is 4.86. The molecule has 118 valence electrons. The topological polar surface area (TPSA) is 85.8 Å². The number of fused-ring (bicyclic) bond motifs is 1. The standard InChI is InChI=1S/C15H16IN7/c16-12-11-13(17)19-9-20-15(11)23(21-12)8-10-4-3-5-18-14(10)22-6-1-2-7-22/h3-5,9H,1-2,6-8H2,(H2,17,19,20). The van der Waals surface area contributed by atoms with Gasteiger partial charge >= 0.3 is 0 Å². The average Bonchev–Trinajstić information content (AvgIpc) is 3.18. The molecule has 2 N–H and O–H groups in total. The molecule has 8 heteroatoms. The van der Waals surface area contributed by atoms with Gasteiger partial charge < -0.3 is 10.6 Å². The smallest absolute Gasteiger partial charge is 0.164 e. The Kier molecular flexibility index (Phi) is 3.76. The van der Waals surface area contributed by atoms with Crippen molar-refractivity contribution in [2.24, 2.45) is 0 Å². The van der Waals surface area contributed by atoms with Crippen molar-refractivity contribution in [1.29, 1.82) is 0 Å². The largest absolute Gasteiger partial charge is 0.383 e. The number of pyridine rings is 1. The first-order chi connectivity index (χ1) is 11.2. The molecular weight excluding hydrogens is 405 g/mol. The van der Waals surface area contributed by atoms with E-state index in [1.54, 1.807) is 0 Å². The van der Waals surface area contributed by atoms with Crippen molar-refractivity contribution in [3.63, 3.8) is 0 Å². The lowest BCUT2D eigenvalue weighted by Gasteiger charge is -2.19. The first-order valence-corrected chi connectivity index (χ1v) is 8.63. The summed E-state index contributed by atoms with van der Waals surface area (Å²) in [4.78, 5) is 15.3. The number of hydrogen-bond donors (Lipinski definition) is 1. The first-order valence-electron chi connectivity index (χ1n) is 7.55. The molecule has 1 aliphatic rings. The molecule has 1 aliphatic heterocycles. The minimum absolute atomic E-state index is 0.469. The van der Waals surface area contributed by atoms with E-state index < -0.39 is 0 Å². The highest BCUT2D eigenvalue weighted by Gasteiger charge is 2.19. The van der Waals surface area contributed by atoms with Gasteiger partial charge in [-0.15, -0.1) is 0 Å². The zero-order valence-corrected chi connectivity index (χ0v) is 14.6. The molecule has 0 amide bonds. The summed E-state index contributed by atoms with van der Waals surface area (Å²) < 4.78 is 2.70. The molecule has 0 radical (unpaired) electrons. The van der Waals surface area contributed by atoms with Crippen LogP contribution in [0.3, 0.4) is 0 Å². The predicted molar refractivity (Wildman–Crippen MR) is 97.2 cm³/mol. The molecule has 0 atom stereocenters. The van der Waals surface area contributed by atoms with Gasteiger partial charge in [0, 0.05) is 24.8 Å². The minimum Gasteiger partial charge on any atom is -0.383 e. The van der Waals surface area contributed by atoms with Gasteiger partial charge in [0.1, 0.15) is 21.7 Å². The lowest BCUT2D eigenvalue weighted by molar-refractivity contribution is 0.692. The third kappa shape index (κ3) is 2.60. The number of nitrogens with two attached hydrogens (primary N) is 1. The second-order valence-electron chi connectivity index (χ2n) is 5.59. The summed E-state index contributed by atoms with van der Waals surface area (Å²) in [6, 6.07) is 4.07. The molecule has 1 fully saturated rings. The van der Waals surface area contributed by atoms with E-state index in [2.05, 4.69) is 53.6 Å². The quantitative estimate of drug-likeness (QED) is 0.652. The fourth-order valence-electron chi connectivity index (χ4n) is 3.03. The molecule has 1 saturated heterocycles. The summed E-state index contributed by atoms with van der Waals surface area (Å²) >= 11 is 2.18. The Hall–Kier alpha value is -1.97. The van der Waals surface area contributed by atoms with Crippen LogP contribution in [0.2, 0.25) is 0 Å². The lowest BCUT2D eigenvalue weighted by Crippen LogP contribution is -2.21. The van der Waals surface area contributed by atoms with Crippen molar-refractivity contribution in [3.8, 4) is 0 Å². The Morgan fingerprint density at radius 1 is 1.17 bits per heavy atom. The fraction of sp³-hybridized carbons (Fsp3) is 0.333. The Morgan fingerprint density at radius 2 is 2.00 bits per heavy atom. The van der Waals surface area contributed by atoms with Crippen LogP contribution in [0.5, 0.6) is 0 Å². The van der Waals surface area contributed by atoms with Gasteiger partial charge in [0.2, 0.25) is 0 Å². The number of nitrogens with zero attached hydrogens (tertiary/aromatic N) is 6. The van der Waals surface area contributed by atoms with Gasteiger partial charge in [-0.2, -0.15) is 5.10 Å². The van der Waals surface area contributed by atoms with Crippen LogP contribution in [0.25, 0.3) is 11.0 Å². The number of rotatable bonds is 3. The molecule has 0 saturated carbocycles. The van der Waals surface area contributed by atoms with Crippen molar-refractivity contribution in [2.75, 3.05) is 23.7 Å². The van der Waals surface area contributed by atoms with Crippen LogP contribution in [-0.2, 0) is 6.54 Å². The molecule has 0 aliphatic carbocycles. The number of halogens is 1. The van der Waals surface area contributed by atoms with Crippen LogP contribution in [-0.4, -0.2) is 37.8 Å². The maximum atomic E-state index is 5.96. The van der Waals surface area contributed by atoms with Crippen molar-refractivity contribution in [3.05, 3.63) is 33.9 Å². The van der Waals surface area contributed by atoms with E-state index in [1.165, 1.54) is 19.2 Å². The van der Waals surface area contributed by atoms with E-state index in [0.717, 1.165) is 39.2 Å². The Bertz CT molecular complexity index is 854. The van der Waals surface area contributed by atoms with E-state index in [4.69, 9.17) is 5.73 Å². The molecule has 3 aromatic rings. The molecule has 0 bridgehead atoms. The molecular formula is C15H16IN7. The van der Waals surface area contributed by atoms with Crippen LogP contribution in [0.4, 0.5) is 11.6 Å². The molecule has 23 heavy (non-hydrogen) atoms. The van der Waals surface area contributed by atoms with E-state index in [-0.39, 0.29) is 0 Å². The molecule has 7 nitrogen and oxygen atoms in total. The Morgan fingerprint density at radius 3 is 2.83 bits per heavy atom. The monoisotopic (exact) mass is 421 g/mol. The second kappa shape index (κ2) is 5.91. The summed E-state index contributed by atoms with van der Waals surface area (Å²) in [6.07, 6.45) is 5.78. The van der Waals surface area contributed by atoms with Gasteiger partial charge in [-0.1, -0.05) is 6.07 Å². The molecule has 0 aromatic carbocycles. The SMILES string of the molecule is Nc1ncnc2c1c(I)nn2Cc1cccnc1N1CCCC1. The summed E-state index contributed by atoms with van der Waals surface area (Å²) in [5.74, 6) is 1.52. The zero-order chi connectivity index (χ0) is 15.8. The van der Waals surface area contributed by atoms with Crippen molar-refractivity contribution in [1.82, 2.24) is 24.7 Å². The molecule has 0 unspecified atom stereocenters. The maximum absolute atomic E-state index is 5.96. The molecule has 0 spiro atoms. The molecule has 3 aromatic heterocycles. The zero-order valence-electron chi connectivity index (χ0n) is 12.5. The second-order valence-corrected chi connectivity index (χ2v) is 6.61. The van der Waals surface area contributed by atoms with Gasteiger partial charge in [0.25, 0.3) is 0 Å². The highest BCUT2D eigenvalue weighted by atomic mass is 127. The van der Waals surface area contributed by atoms with Gasteiger partial charge in [-0.25, -0.2) is 19.6 Å². The van der Waals surface area contributed by atoms with E-state index in [9.17, 15) is 0 Å². The summed E-state index contributed by atoms with van der Waals surface area (Å²) in [7, 11) is 0. The van der Waals surface area contributed by atoms with Crippen molar-refractivity contribution in [2.45, 2.75) is 19.4 Å². The number of nitrogen functional groups attached to an aromatic ring is 1.